The predicted octanol–water partition coefficient (Wildman–Crippen LogP) is 1.51. The molecule has 1 aliphatic rings. The fourth-order valence-corrected chi connectivity index (χ4v) is 2.74. The van der Waals surface area contributed by atoms with Crippen LogP contribution in [0.3, 0.4) is 0 Å². The van der Waals surface area contributed by atoms with Crippen LogP contribution in [0.1, 0.15) is 15.9 Å². The van der Waals surface area contributed by atoms with Crippen LogP contribution in [0.15, 0.2) is 53.5 Å². The average molecular weight is 355 g/mol. The molecule has 1 aromatic carbocycles. The number of carbonyl (C=O) groups is 2. The summed E-state index contributed by atoms with van der Waals surface area (Å²) in [6.07, 6.45) is 4.38. The maximum absolute atomic E-state index is 13.1. The fourth-order valence-electron chi connectivity index (χ4n) is 2.74. The van der Waals surface area contributed by atoms with Crippen LogP contribution in [0.4, 0.5) is 4.39 Å². The molecular weight excluding hydrogens is 337 g/mol. The van der Waals surface area contributed by atoms with Crippen LogP contribution in [-0.2, 0) is 4.79 Å². The molecule has 26 heavy (non-hydrogen) atoms. The molecule has 0 spiro atoms. The number of rotatable bonds is 3. The van der Waals surface area contributed by atoms with Gasteiger partial charge in [0.25, 0.3) is 5.91 Å². The highest BCUT2D eigenvalue weighted by molar-refractivity contribution is 5.94. The van der Waals surface area contributed by atoms with Crippen LogP contribution in [0.25, 0.3) is 6.08 Å². The molecule has 1 saturated heterocycles. The molecule has 1 aliphatic heterocycles. The van der Waals surface area contributed by atoms with Crippen molar-refractivity contribution in [3.63, 3.8) is 0 Å². The lowest BCUT2D eigenvalue weighted by Crippen LogP contribution is -2.50. The van der Waals surface area contributed by atoms with Gasteiger partial charge in [0, 0.05) is 44.5 Å². The maximum atomic E-state index is 13.1. The Balaban J connectivity index is 1.56. The topological polar surface area (TPSA) is 73.5 Å². The number of amides is 2. The largest absolute Gasteiger partial charge is 0.336 e. The number of hydrogen-bond acceptors (Lipinski definition) is 3. The fraction of sp³-hybridized carbons (Fsp3) is 0.211. The lowest BCUT2D eigenvalue weighted by molar-refractivity contribution is -0.127. The number of hydrogen-bond donors (Lipinski definition) is 1. The van der Waals surface area contributed by atoms with Gasteiger partial charge in [-0.15, -0.1) is 0 Å². The Hall–Kier alpha value is -3.22. The van der Waals surface area contributed by atoms with E-state index in [0.717, 1.165) is 0 Å². The molecule has 2 aromatic rings. The van der Waals surface area contributed by atoms with Gasteiger partial charge in [-0.2, -0.15) is 0 Å². The van der Waals surface area contributed by atoms with Crippen LogP contribution >= 0.6 is 0 Å². The van der Waals surface area contributed by atoms with Gasteiger partial charge >= 0.3 is 0 Å². The van der Waals surface area contributed by atoms with E-state index in [2.05, 4.69) is 4.98 Å². The highest BCUT2D eigenvalue weighted by atomic mass is 19.1. The zero-order valence-electron chi connectivity index (χ0n) is 14.0. The van der Waals surface area contributed by atoms with Crippen molar-refractivity contribution in [2.75, 3.05) is 26.2 Å². The minimum Gasteiger partial charge on any atom is -0.336 e. The summed E-state index contributed by atoms with van der Waals surface area (Å²) in [5, 5.41) is 0. The Morgan fingerprint density at radius 3 is 2.42 bits per heavy atom. The molecule has 134 valence electrons. The number of piperazine rings is 1. The second-order valence-electron chi connectivity index (χ2n) is 5.95. The monoisotopic (exact) mass is 355 g/mol. The number of nitrogens with zero attached hydrogens (tertiary/aromatic N) is 2. The lowest BCUT2D eigenvalue weighted by atomic mass is 10.2. The van der Waals surface area contributed by atoms with Gasteiger partial charge in [-0.3, -0.25) is 14.4 Å². The lowest BCUT2D eigenvalue weighted by Gasteiger charge is -2.34. The number of nitrogens with one attached hydrogen (secondary N) is 1. The van der Waals surface area contributed by atoms with E-state index in [4.69, 9.17) is 0 Å². The Kier molecular flexibility index (Phi) is 5.26. The van der Waals surface area contributed by atoms with E-state index in [-0.39, 0.29) is 23.2 Å². The van der Waals surface area contributed by atoms with E-state index in [1.165, 1.54) is 36.5 Å². The zero-order chi connectivity index (χ0) is 18.5. The molecule has 1 aromatic heterocycles. The van der Waals surface area contributed by atoms with Gasteiger partial charge in [-0.1, -0.05) is 12.1 Å². The van der Waals surface area contributed by atoms with Crippen LogP contribution in [0.5, 0.6) is 0 Å². The molecule has 1 N–H and O–H groups in total. The minimum absolute atomic E-state index is 0.176. The summed E-state index contributed by atoms with van der Waals surface area (Å²) in [5.41, 5.74) is 0.766. The van der Waals surface area contributed by atoms with Crippen LogP contribution in [0.2, 0.25) is 0 Å². The summed E-state index contributed by atoms with van der Waals surface area (Å²) in [5.74, 6) is -0.706. The first-order valence-corrected chi connectivity index (χ1v) is 8.23. The van der Waals surface area contributed by atoms with E-state index in [1.807, 2.05) is 0 Å². The molecule has 0 aliphatic carbocycles. The van der Waals surface area contributed by atoms with Gasteiger partial charge in [-0.05, 0) is 29.8 Å². The highest BCUT2D eigenvalue weighted by Crippen LogP contribution is 2.09. The van der Waals surface area contributed by atoms with E-state index >= 15 is 0 Å². The SMILES string of the molecule is O=C(C=Cc1cccc(F)c1)N1CCN(C(=O)c2ccc(=O)[nH]c2)CC1. The Morgan fingerprint density at radius 1 is 1.04 bits per heavy atom. The van der Waals surface area contributed by atoms with Crippen LogP contribution < -0.4 is 5.56 Å². The predicted molar refractivity (Wildman–Crippen MR) is 95.0 cm³/mol. The van der Waals surface area contributed by atoms with E-state index < -0.39 is 0 Å². The molecule has 7 heteroatoms. The standard InChI is InChI=1S/C19H18FN3O3/c20-16-3-1-2-14(12-16)4-7-18(25)22-8-10-23(11-9-22)19(26)15-5-6-17(24)21-13-15/h1-7,12-13H,8-11H2,(H,21,24). The number of halogens is 1. The first-order chi connectivity index (χ1) is 12.5. The van der Waals surface area contributed by atoms with Crippen molar-refractivity contribution in [2.45, 2.75) is 0 Å². The summed E-state index contributed by atoms with van der Waals surface area (Å²) < 4.78 is 13.1. The Labute approximate surface area is 149 Å². The third-order valence-electron chi connectivity index (χ3n) is 4.18. The van der Waals surface area contributed by atoms with Gasteiger partial charge in [0.15, 0.2) is 0 Å². The molecule has 3 rings (SSSR count). The molecule has 0 bridgehead atoms. The third-order valence-corrected chi connectivity index (χ3v) is 4.18. The first kappa shape index (κ1) is 17.6. The Morgan fingerprint density at radius 2 is 1.77 bits per heavy atom. The number of aromatic amines is 1. The Bertz CT molecular complexity index is 878. The minimum atomic E-state index is -0.353. The van der Waals surface area contributed by atoms with Crippen LogP contribution in [0, 0.1) is 5.82 Å². The van der Waals surface area contributed by atoms with Crippen molar-refractivity contribution in [3.05, 3.63) is 76.0 Å². The molecular formula is C19H18FN3O3. The maximum Gasteiger partial charge on any atom is 0.255 e. The molecule has 0 radical (unpaired) electrons. The zero-order valence-corrected chi connectivity index (χ0v) is 14.0. The normalized spacial score (nSPS) is 14.7. The van der Waals surface area contributed by atoms with Crippen molar-refractivity contribution >= 4 is 17.9 Å². The van der Waals surface area contributed by atoms with Crippen molar-refractivity contribution in [3.8, 4) is 0 Å². The molecule has 2 heterocycles. The molecule has 0 saturated carbocycles. The van der Waals surface area contributed by atoms with Gasteiger partial charge in [0.2, 0.25) is 11.5 Å². The highest BCUT2D eigenvalue weighted by Gasteiger charge is 2.23. The van der Waals surface area contributed by atoms with Gasteiger partial charge in [0.1, 0.15) is 5.82 Å². The molecule has 6 nitrogen and oxygen atoms in total. The second-order valence-corrected chi connectivity index (χ2v) is 5.95. The van der Waals surface area contributed by atoms with E-state index in [9.17, 15) is 18.8 Å². The van der Waals surface area contributed by atoms with Crippen molar-refractivity contribution in [2.24, 2.45) is 0 Å². The van der Waals surface area contributed by atoms with Crippen molar-refractivity contribution in [1.82, 2.24) is 14.8 Å². The summed E-state index contributed by atoms with van der Waals surface area (Å²) in [7, 11) is 0. The average Bonchev–Trinajstić information content (AvgIpc) is 2.66. The first-order valence-electron chi connectivity index (χ1n) is 8.23. The van der Waals surface area contributed by atoms with Crippen molar-refractivity contribution < 1.29 is 14.0 Å². The van der Waals surface area contributed by atoms with Gasteiger partial charge in [0.05, 0.1) is 5.56 Å². The summed E-state index contributed by atoms with van der Waals surface area (Å²) >= 11 is 0. The molecule has 0 atom stereocenters. The van der Waals surface area contributed by atoms with Crippen LogP contribution in [-0.4, -0.2) is 52.8 Å². The van der Waals surface area contributed by atoms with Gasteiger partial charge < -0.3 is 14.8 Å². The summed E-state index contributed by atoms with van der Waals surface area (Å²) in [6, 6.07) is 8.79. The van der Waals surface area contributed by atoms with Gasteiger partial charge in [-0.25, -0.2) is 4.39 Å². The van der Waals surface area contributed by atoms with Crippen molar-refractivity contribution in [1.29, 1.82) is 0 Å². The molecule has 1 fully saturated rings. The van der Waals surface area contributed by atoms with E-state index in [1.54, 1.807) is 28.0 Å². The quantitative estimate of drug-likeness (QED) is 0.849. The number of pyridine rings is 1. The third kappa shape index (κ3) is 4.24. The number of carbonyl (C=O) groups excluding carboxylic acids is 2. The summed E-state index contributed by atoms with van der Waals surface area (Å²) in [6.45, 7) is 1.66. The molecule has 2 amide bonds. The number of H-pyrrole nitrogens is 1. The molecule has 0 unspecified atom stereocenters. The smallest absolute Gasteiger partial charge is 0.255 e. The number of benzene rings is 1. The van der Waals surface area contributed by atoms with E-state index in [0.29, 0.717) is 37.3 Å². The summed E-state index contributed by atoms with van der Waals surface area (Å²) in [4.78, 5) is 41.5. The second kappa shape index (κ2) is 7.77. The number of aromatic nitrogens is 1.